The van der Waals surface area contributed by atoms with E-state index in [1.807, 2.05) is 0 Å². The summed E-state index contributed by atoms with van der Waals surface area (Å²) < 4.78 is 0. The number of carbonyl (C=O) groups excluding carboxylic acids is 1. The van der Waals surface area contributed by atoms with Crippen LogP contribution in [-0.4, -0.2) is 31.5 Å². The summed E-state index contributed by atoms with van der Waals surface area (Å²) in [5, 5.41) is 15.8. The maximum atomic E-state index is 11.7. The van der Waals surface area contributed by atoms with Gasteiger partial charge in [0.05, 0.1) is 12.2 Å². The van der Waals surface area contributed by atoms with Crippen molar-refractivity contribution in [2.75, 3.05) is 0 Å². The second-order valence-electron chi connectivity index (χ2n) is 3.25. The lowest BCUT2D eigenvalue weighted by Gasteiger charge is -2.03. The number of pyridine rings is 1. The zero-order chi connectivity index (χ0) is 12.1. The second-order valence-corrected chi connectivity index (χ2v) is 3.25. The first-order valence-corrected chi connectivity index (χ1v) is 4.95. The van der Waals surface area contributed by atoms with Gasteiger partial charge in [0, 0.05) is 18.3 Å². The van der Waals surface area contributed by atoms with Crippen LogP contribution in [-0.2, 0) is 13.1 Å². The number of hydrogen-bond donors (Lipinski definition) is 3. The average molecular weight is 233 g/mol. The molecule has 2 aromatic rings. The first-order chi connectivity index (χ1) is 8.29. The number of carbonyl (C=O) groups is 1. The Morgan fingerprint density at radius 1 is 1.53 bits per heavy atom. The smallest absolute Gasteiger partial charge is 0.251 e. The maximum Gasteiger partial charge on any atom is 0.251 e. The van der Waals surface area contributed by atoms with Crippen LogP contribution in [0.15, 0.2) is 18.3 Å². The van der Waals surface area contributed by atoms with E-state index in [-0.39, 0.29) is 12.5 Å². The third-order valence-electron chi connectivity index (χ3n) is 2.08. The molecular formula is C9H11N7O. The minimum Gasteiger partial charge on any atom is -0.345 e. The largest absolute Gasteiger partial charge is 0.345 e. The third kappa shape index (κ3) is 2.82. The van der Waals surface area contributed by atoms with E-state index in [0.717, 1.165) is 0 Å². The van der Waals surface area contributed by atoms with E-state index in [1.165, 1.54) is 0 Å². The van der Waals surface area contributed by atoms with Crippen molar-refractivity contribution in [1.82, 2.24) is 30.9 Å². The van der Waals surface area contributed by atoms with Gasteiger partial charge in [0.1, 0.15) is 0 Å². The molecule has 0 aliphatic heterocycles. The number of hydrogen-bond acceptors (Lipinski definition) is 6. The number of tetrazole rings is 1. The van der Waals surface area contributed by atoms with Crippen LogP contribution in [0.2, 0.25) is 0 Å². The summed E-state index contributed by atoms with van der Waals surface area (Å²) in [5.41, 5.74) is 6.61. The molecule has 2 rings (SSSR count). The molecule has 0 aliphatic rings. The number of aromatic nitrogens is 5. The van der Waals surface area contributed by atoms with Gasteiger partial charge in [0.25, 0.3) is 5.91 Å². The summed E-state index contributed by atoms with van der Waals surface area (Å²) in [6.45, 7) is 0.515. The first kappa shape index (κ1) is 11.1. The monoisotopic (exact) mass is 233 g/mol. The summed E-state index contributed by atoms with van der Waals surface area (Å²) in [7, 11) is 0. The Hall–Kier alpha value is -2.35. The number of nitrogens with zero attached hydrogens (tertiary/aromatic N) is 4. The molecule has 1 amide bonds. The molecule has 0 aliphatic carbocycles. The highest BCUT2D eigenvalue weighted by molar-refractivity contribution is 5.94. The normalized spacial score (nSPS) is 10.2. The summed E-state index contributed by atoms with van der Waals surface area (Å²) in [5.74, 6) is 0.193. The van der Waals surface area contributed by atoms with Crippen LogP contribution in [0.25, 0.3) is 0 Å². The van der Waals surface area contributed by atoms with Gasteiger partial charge in [-0.1, -0.05) is 5.21 Å². The van der Waals surface area contributed by atoms with E-state index >= 15 is 0 Å². The zero-order valence-corrected chi connectivity index (χ0v) is 8.92. The Balaban J connectivity index is 1.99. The molecule has 0 atom stereocenters. The molecule has 4 N–H and O–H groups in total. The summed E-state index contributed by atoms with van der Waals surface area (Å²) in [4.78, 5) is 15.7. The lowest BCUT2D eigenvalue weighted by molar-refractivity contribution is 0.0949. The lowest BCUT2D eigenvalue weighted by Crippen LogP contribution is -2.23. The van der Waals surface area contributed by atoms with Crippen LogP contribution < -0.4 is 11.1 Å². The molecular weight excluding hydrogens is 222 g/mol. The summed E-state index contributed by atoms with van der Waals surface area (Å²) in [6, 6.07) is 3.26. The predicted octanol–water partition coefficient (Wildman–Crippen LogP) is -1.02. The van der Waals surface area contributed by atoms with Gasteiger partial charge in [-0.25, -0.2) is 0 Å². The molecule has 17 heavy (non-hydrogen) atoms. The van der Waals surface area contributed by atoms with Gasteiger partial charge in [-0.3, -0.25) is 9.78 Å². The Morgan fingerprint density at radius 3 is 3.12 bits per heavy atom. The van der Waals surface area contributed by atoms with Gasteiger partial charge in [-0.15, -0.1) is 10.2 Å². The lowest BCUT2D eigenvalue weighted by atomic mass is 10.2. The number of nitrogens with two attached hydrogens (primary N) is 1. The zero-order valence-electron chi connectivity index (χ0n) is 8.92. The van der Waals surface area contributed by atoms with Gasteiger partial charge >= 0.3 is 0 Å². The average Bonchev–Trinajstić information content (AvgIpc) is 2.89. The second kappa shape index (κ2) is 5.12. The van der Waals surface area contributed by atoms with Crippen molar-refractivity contribution in [1.29, 1.82) is 0 Å². The van der Waals surface area contributed by atoms with E-state index in [4.69, 9.17) is 5.73 Å². The van der Waals surface area contributed by atoms with Gasteiger partial charge in [-0.2, -0.15) is 5.21 Å². The van der Waals surface area contributed by atoms with Gasteiger partial charge in [-0.05, 0) is 12.1 Å². The van der Waals surface area contributed by atoms with Crippen molar-refractivity contribution in [3.05, 3.63) is 35.4 Å². The topological polar surface area (TPSA) is 122 Å². The van der Waals surface area contributed by atoms with Gasteiger partial charge < -0.3 is 11.1 Å². The van der Waals surface area contributed by atoms with Crippen molar-refractivity contribution in [2.45, 2.75) is 13.1 Å². The number of amides is 1. The molecule has 0 aromatic carbocycles. The molecule has 0 bridgehead atoms. The molecule has 88 valence electrons. The van der Waals surface area contributed by atoms with E-state index in [1.54, 1.807) is 18.3 Å². The molecule has 8 heteroatoms. The van der Waals surface area contributed by atoms with Crippen LogP contribution >= 0.6 is 0 Å². The predicted molar refractivity (Wildman–Crippen MR) is 57.5 cm³/mol. The summed E-state index contributed by atoms with van der Waals surface area (Å²) in [6.07, 6.45) is 1.55. The molecule has 0 radical (unpaired) electrons. The van der Waals surface area contributed by atoms with Crippen LogP contribution in [0.3, 0.4) is 0 Å². The molecule has 2 heterocycles. The molecule has 2 aromatic heterocycles. The van der Waals surface area contributed by atoms with Crippen molar-refractivity contribution in [2.24, 2.45) is 5.73 Å². The van der Waals surface area contributed by atoms with E-state index in [0.29, 0.717) is 23.6 Å². The highest BCUT2D eigenvalue weighted by atomic mass is 16.1. The fraction of sp³-hybridized carbons (Fsp3) is 0.222. The Labute approximate surface area is 96.6 Å². The number of aromatic amines is 1. The van der Waals surface area contributed by atoms with Crippen molar-refractivity contribution >= 4 is 5.91 Å². The molecule has 0 saturated heterocycles. The maximum absolute atomic E-state index is 11.7. The van der Waals surface area contributed by atoms with Crippen molar-refractivity contribution in [3.8, 4) is 0 Å². The first-order valence-electron chi connectivity index (χ1n) is 4.95. The minimum absolute atomic E-state index is 0.218. The number of nitrogens with one attached hydrogen (secondary N) is 2. The molecule has 0 spiro atoms. The van der Waals surface area contributed by atoms with Crippen molar-refractivity contribution in [3.63, 3.8) is 0 Å². The van der Waals surface area contributed by atoms with Crippen LogP contribution in [0.5, 0.6) is 0 Å². The number of rotatable bonds is 4. The highest BCUT2D eigenvalue weighted by Gasteiger charge is 2.07. The Morgan fingerprint density at radius 2 is 2.41 bits per heavy atom. The fourth-order valence-electron chi connectivity index (χ4n) is 1.25. The Kier molecular flexibility index (Phi) is 3.36. The van der Waals surface area contributed by atoms with Gasteiger partial charge in [0.2, 0.25) is 0 Å². The van der Waals surface area contributed by atoms with Gasteiger partial charge in [0.15, 0.2) is 5.82 Å². The standard InChI is InChI=1S/C9H11N7O/c10-4-7-3-6(1-2-11-7)9(17)12-5-8-13-15-16-14-8/h1-3H,4-5,10H2,(H,12,17)(H,13,14,15,16). The highest BCUT2D eigenvalue weighted by Crippen LogP contribution is 2.01. The number of H-pyrrole nitrogens is 1. The third-order valence-corrected chi connectivity index (χ3v) is 2.08. The molecule has 0 unspecified atom stereocenters. The van der Waals surface area contributed by atoms with E-state index in [2.05, 4.69) is 30.9 Å². The van der Waals surface area contributed by atoms with Crippen LogP contribution in [0.4, 0.5) is 0 Å². The van der Waals surface area contributed by atoms with E-state index < -0.39 is 0 Å². The molecule has 8 nitrogen and oxygen atoms in total. The SMILES string of the molecule is NCc1cc(C(=O)NCc2nn[nH]n2)ccn1. The van der Waals surface area contributed by atoms with E-state index in [9.17, 15) is 4.79 Å². The van der Waals surface area contributed by atoms with Crippen molar-refractivity contribution < 1.29 is 4.79 Å². The molecule has 0 fully saturated rings. The van der Waals surface area contributed by atoms with Crippen LogP contribution in [0.1, 0.15) is 21.9 Å². The minimum atomic E-state index is -0.230. The quantitative estimate of drug-likeness (QED) is 0.621. The van der Waals surface area contributed by atoms with Crippen LogP contribution in [0, 0.1) is 0 Å². The summed E-state index contributed by atoms with van der Waals surface area (Å²) >= 11 is 0. The molecule has 0 saturated carbocycles. The fourth-order valence-corrected chi connectivity index (χ4v) is 1.25. The Bertz CT molecular complexity index is 496.